The lowest BCUT2D eigenvalue weighted by Gasteiger charge is -2.33. The molecule has 1 unspecified atom stereocenters. The highest BCUT2D eigenvalue weighted by molar-refractivity contribution is 6.23. The zero-order valence-corrected chi connectivity index (χ0v) is 15.6. The fourth-order valence-corrected chi connectivity index (χ4v) is 3.75. The Morgan fingerprint density at radius 2 is 1.88 bits per heavy atom. The molecule has 0 aliphatic heterocycles. The highest BCUT2D eigenvalue weighted by Gasteiger charge is 2.42. The van der Waals surface area contributed by atoms with E-state index in [1.807, 2.05) is 63.2 Å². The van der Waals surface area contributed by atoms with E-state index < -0.39 is 5.92 Å². The molecule has 0 spiro atoms. The zero-order chi connectivity index (χ0) is 18.7. The Kier molecular flexibility index (Phi) is 5.21. The molecule has 2 aromatic rings. The van der Waals surface area contributed by atoms with Crippen LogP contribution >= 0.6 is 0 Å². The van der Waals surface area contributed by atoms with Crippen molar-refractivity contribution in [2.45, 2.75) is 40.0 Å². The monoisotopic (exact) mass is 351 g/mol. The summed E-state index contributed by atoms with van der Waals surface area (Å²) >= 11 is 0. The van der Waals surface area contributed by atoms with Crippen molar-refractivity contribution in [2.24, 2.45) is 16.5 Å². The third kappa shape index (κ3) is 3.85. The number of hydrogen-bond acceptors (Lipinski definition) is 4. The molecule has 1 fully saturated rings. The first-order valence-electron chi connectivity index (χ1n) is 9.12. The second-order valence-electron chi connectivity index (χ2n) is 7.70. The normalized spacial score (nSPS) is 21.1. The minimum Gasteiger partial charge on any atom is -0.396 e. The highest BCUT2D eigenvalue weighted by atomic mass is 16.6. The Balaban J connectivity index is 1.90. The summed E-state index contributed by atoms with van der Waals surface area (Å²) < 4.78 is 0. The van der Waals surface area contributed by atoms with Gasteiger partial charge in [0.1, 0.15) is 18.3 Å². The number of benzene rings is 2. The summed E-state index contributed by atoms with van der Waals surface area (Å²) in [7, 11) is 0. The van der Waals surface area contributed by atoms with Crippen LogP contribution in [0.3, 0.4) is 0 Å². The lowest BCUT2D eigenvalue weighted by Crippen LogP contribution is -2.42. The van der Waals surface area contributed by atoms with Crippen molar-refractivity contribution >= 4 is 28.1 Å². The maximum atomic E-state index is 13.0. The number of oxime groups is 1. The topological polar surface area (TPSA) is 55.7 Å². The minimum absolute atomic E-state index is 0.0510. The molecule has 3 rings (SSSR count). The van der Waals surface area contributed by atoms with Crippen LogP contribution in [0, 0.1) is 11.3 Å². The Morgan fingerprint density at radius 1 is 1.15 bits per heavy atom. The molecule has 0 amide bonds. The molecule has 4 heteroatoms. The third-order valence-corrected chi connectivity index (χ3v) is 4.85. The van der Waals surface area contributed by atoms with Gasteiger partial charge in [-0.2, -0.15) is 0 Å². The zero-order valence-electron chi connectivity index (χ0n) is 15.6. The van der Waals surface area contributed by atoms with E-state index in [1.54, 1.807) is 0 Å². The van der Waals surface area contributed by atoms with E-state index in [4.69, 9.17) is 4.84 Å². The van der Waals surface area contributed by atoms with Gasteiger partial charge < -0.3 is 4.84 Å². The van der Waals surface area contributed by atoms with Crippen LogP contribution < -0.4 is 0 Å². The molecule has 1 saturated carbocycles. The molecule has 4 nitrogen and oxygen atoms in total. The van der Waals surface area contributed by atoms with Crippen molar-refractivity contribution in [1.29, 1.82) is 0 Å². The molecule has 1 atom stereocenters. The van der Waals surface area contributed by atoms with Crippen molar-refractivity contribution in [3.8, 4) is 0 Å². The first kappa shape index (κ1) is 18.3. The van der Waals surface area contributed by atoms with Crippen molar-refractivity contribution < 1.29 is 14.4 Å². The maximum absolute atomic E-state index is 13.0. The molecular formula is C22H25NO3. The Hall–Kier alpha value is -2.49. The predicted octanol–water partition coefficient (Wildman–Crippen LogP) is 4.35. The van der Waals surface area contributed by atoms with Crippen LogP contribution in [0.4, 0.5) is 0 Å². The van der Waals surface area contributed by atoms with Gasteiger partial charge in [-0.15, -0.1) is 0 Å². The maximum Gasteiger partial charge on any atom is 0.153 e. The van der Waals surface area contributed by atoms with Gasteiger partial charge in [-0.05, 0) is 35.1 Å². The predicted molar refractivity (Wildman–Crippen MR) is 103 cm³/mol. The van der Waals surface area contributed by atoms with Crippen LogP contribution in [0.5, 0.6) is 0 Å². The summed E-state index contributed by atoms with van der Waals surface area (Å²) in [5, 5.41) is 6.27. The van der Waals surface area contributed by atoms with Gasteiger partial charge in [-0.3, -0.25) is 9.59 Å². The smallest absolute Gasteiger partial charge is 0.153 e. The third-order valence-electron chi connectivity index (χ3n) is 4.85. The lowest BCUT2D eigenvalue weighted by atomic mass is 9.69. The molecule has 0 aromatic heterocycles. The SMILES string of the molecule is CCON=C1CC(C)(C)CC(=O)C1C(=O)Cc1cccc2ccccc12. The minimum atomic E-state index is -0.784. The average molecular weight is 351 g/mol. The number of fused-ring (bicyclic) bond motifs is 1. The molecule has 1 aliphatic rings. The van der Waals surface area contributed by atoms with E-state index in [2.05, 4.69) is 5.16 Å². The number of rotatable bonds is 5. The van der Waals surface area contributed by atoms with Gasteiger partial charge in [0, 0.05) is 12.8 Å². The van der Waals surface area contributed by atoms with Gasteiger partial charge in [0.25, 0.3) is 0 Å². The van der Waals surface area contributed by atoms with Crippen LogP contribution in [-0.4, -0.2) is 23.9 Å². The van der Waals surface area contributed by atoms with E-state index >= 15 is 0 Å². The van der Waals surface area contributed by atoms with E-state index in [1.165, 1.54) is 0 Å². The van der Waals surface area contributed by atoms with Crippen LogP contribution in [-0.2, 0) is 20.8 Å². The van der Waals surface area contributed by atoms with Gasteiger partial charge in [0.05, 0.1) is 5.71 Å². The fourth-order valence-electron chi connectivity index (χ4n) is 3.75. The fraction of sp³-hybridized carbons (Fsp3) is 0.409. The van der Waals surface area contributed by atoms with Crippen LogP contribution in [0.1, 0.15) is 39.2 Å². The van der Waals surface area contributed by atoms with E-state index in [0.717, 1.165) is 16.3 Å². The van der Waals surface area contributed by atoms with Crippen molar-refractivity contribution in [3.63, 3.8) is 0 Å². The molecule has 2 aromatic carbocycles. The van der Waals surface area contributed by atoms with Crippen LogP contribution in [0.25, 0.3) is 10.8 Å². The van der Waals surface area contributed by atoms with Gasteiger partial charge in [-0.25, -0.2) is 0 Å². The summed E-state index contributed by atoms with van der Waals surface area (Å²) in [5.41, 5.74) is 1.32. The summed E-state index contributed by atoms with van der Waals surface area (Å²) in [6.45, 7) is 6.31. The summed E-state index contributed by atoms with van der Waals surface area (Å²) in [5.74, 6) is -0.932. The van der Waals surface area contributed by atoms with E-state index in [-0.39, 0.29) is 23.4 Å². The second-order valence-corrected chi connectivity index (χ2v) is 7.70. The van der Waals surface area contributed by atoms with E-state index in [0.29, 0.717) is 25.2 Å². The molecule has 0 N–H and O–H groups in total. The number of ketones is 2. The van der Waals surface area contributed by atoms with Crippen molar-refractivity contribution in [2.75, 3.05) is 6.61 Å². The first-order valence-corrected chi connectivity index (χ1v) is 9.12. The molecular weight excluding hydrogens is 326 g/mol. The van der Waals surface area contributed by atoms with Crippen LogP contribution in [0.2, 0.25) is 0 Å². The first-order chi connectivity index (χ1) is 12.4. The molecule has 26 heavy (non-hydrogen) atoms. The van der Waals surface area contributed by atoms with E-state index in [9.17, 15) is 9.59 Å². The van der Waals surface area contributed by atoms with Gasteiger partial charge in [0.2, 0.25) is 0 Å². The quantitative estimate of drug-likeness (QED) is 0.594. The average Bonchev–Trinajstić information content (AvgIpc) is 2.58. The Bertz CT molecular complexity index is 861. The van der Waals surface area contributed by atoms with Gasteiger partial charge in [-0.1, -0.05) is 61.5 Å². The Labute approximate surface area is 154 Å². The van der Waals surface area contributed by atoms with Crippen molar-refractivity contribution in [3.05, 3.63) is 48.0 Å². The number of carbonyl (C=O) groups is 2. The number of nitrogens with zero attached hydrogens (tertiary/aromatic N) is 1. The summed E-state index contributed by atoms with van der Waals surface area (Å²) in [4.78, 5) is 31.0. The van der Waals surface area contributed by atoms with Crippen molar-refractivity contribution in [1.82, 2.24) is 0 Å². The van der Waals surface area contributed by atoms with Crippen LogP contribution in [0.15, 0.2) is 47.6 Å². The molecule has 0 saturated heterocycles. The van der Waals surface area contributed by atoms with Gasteiger partial charge >= 0.3 is 0 Å². The highest BCUT2D eigenvalue weighted by Crippen LogP contribution is 2.35. The Morgan fingerprint density at radius 3 is 2.65 bits per heavy atom. The lowest BCUT2D eigenvalue weighted by molar-refractivity contribution is -0.131. The number of hydrogen-bond donors (Lipinski definition) is 0. The number of Topliss-reactive ketones (excluding diaryl/α,β-unsaturated/α-hetero) is 2. The second kappa shape index (κ2) is 7.40. The van der Waals surface area contributed by atoms with Gasteiger partial charge in [0.15, 0.2) is 5.78 Å². The molecule has 0 bridgehead atoms. The molecule has 0 heterocycles. The molecule has 0 radical (unpaired) electrons. The summed E-state index contributed by atoms with van der Waals surface area (Å²) in [6, 6.07) is 13.9. The molecule has 136 valence electrons. The summed E-state index contributed by atoms with van der Waals surface area (Å²) in [6.07, 6.45) is 1.22. The standard InChI is InChI=1S/C22H25NO3/c1-4-26-23-18-13-22(2,3)14-20(25)21(18)19(24)12-16-10-7-9-15-8-5-6-11-17(15)16/h5-11,21H,4,12-14H2,1-3H3. The largest absolute Gasteiger partial charge is 0.396 e. The molecule has 1 aliphatic carbocycles. The number of carbonyl (C=O) groups excluding carboxylic acids is 2.